The minimum absolute atomic E-state index is 0.247. The Hall–Kier alpha value is -2.43. The van der Waals surface area contributed by atoms with E-state index >= 15 is 0 Å². The number of aromatic nitrogens is 2. The minimum atomic E-state index is -0.517. The fraction of sp³-hybridized carbons (Fsp3) is 0.476. The van der Waals surface area contributed by atoms with E-state index < -0.39 is 5.60 Å². The van der Waals surface area contributed by atoms with Crippen LogP contribution in [0.15, 0.2) is 29.6 Å². The molecule has 1 aromatic heterocycles. The van der Waals surface area contributed by atoms with Crippen LogP contribution in [-0.2, 0) is 17.5 Å². The Morgan fingerprint density at radius 3 is 2.77 bits per heavy atom. The Morgan fingerprint density at radius 1 is 1.35 bits per heavy atom. The molecule has 1 saturated carbocycles. The summed E-state index contributed by atoms with van der Waals surface area (Å²) in [5, 5.41) is 8.78. The lowest BCUT2D eigenvalue weighted by molar-refractivity contribution is -0.00789. The summed E-state index contributed by atoms with van der Waals surface area (Å²) in [7, 11) is 1.91. The molecular formula is C21H25N3O2. The largest absolute Gasteiger partial charge is 0.384 e. The number of carbonyl (C=O) groups excluding carboxylic acids is 1. The van der Waals surface area contributed by atoms with E-state index in [2.05, 4.69) is 10.3 Å². The van der Waals surface area contributed by atoms with E-state index in [-0.39, 0.29) is 5.78 Å². The van der Waals surface area contributed by atoms with Gasteiger partial charge in [-0.1, -0.05) is 17.3 Å². The van der Waals surface area contributed by atoms with Crippen molar-refractivity contribution in [1.82, 2.24) is 9.78 Å². The molecule has 2 aliphatic rings. The molecule has 1 atom stereocenters. The normalized spacial score (nSPS) is 22.2. The maximum Gasteiger partial charge on any atom is 0.168 e. The molecule has 0 amide bonds. The van der Waals surface area contributed by atoms with Crippen LogP contribution in [0.2, 0.25) is 0 Å². The highest BCUT2D eigenvalue weighted by Gasteiger charge is 2.39. The van der Waals surface area contributed by atoms with Crippen molar-refractivity contribution in [2.75, 3.05) is 0 Å². The summed E-state index contributed by atoms with van der Waals surface area (Å²) in [5.41, 5.74) is 5.20. The number of oxime groups is 1. The summed E-state index contributed by atoms with van der Waals surface area (Å²) >= 11 is 0. The molecule has 0 radical (unpaired) electrons. The maximum atomic E-state index is 12.6. The fourth-order valence-electron chi connectivity index (χ4n) is 3.75. The standard InChI is InChI=1S/C21H25N3O2/c1-13-5-8-16(10-17(13)20(25)9-15-6-7-15)19-11-21(3,26-23-19)18-12-24(4)22-14(18)2/h5,8,10,12,15H,6-7,9,11H2,1-4H3. The molecule has 1 aliphatic carbocycles. The number of Topliss-reactive ketones (excluding diaryl/α,β-unsaturated/α-hetero) is 1. The number of rotatable bonds is 5. The summed E-state index contributed by atoms with van der Waals surface area (Å²) in [6.45, 7) is 6.03. The van der Waals surface area contributed by atoms with Crippen LogP contribution in [0.25, 0.3) is 0 Å². The first-order chi connectivity index (χ1) is 12.4. The van der Waals surface area contributed by atoms with Gasteiger partial charge in [-0.25, -0.2) is 0 Å². The zero-order valence-electron chi connectivity index (χ0n) is 15.9. The zero-order valence-corrected chi connectivity index (χ0v) is 15.9. The van der Waals surface area contributed by atoms with Crippen molar-refractivity contribution in [2.24, 2.45) is 18.1 Å². The number of nitrogens with zero attached hydrogens (tertiary/aromatic N) is 3. The molecule has 5 heteroatoms. The van der Waals surface area contributed by atoms with Crippen molar-refractivity contribution in [3.05, 3.63) is 52.3 Å². The smallest absolute Gasteiger partial charge is 0.168 e. The van der Waals surface area contributed by atoms with Gasteiger partial charge in [0.1, 0.15) is 0 Å². The predicted molar refractivity (Wildman–Crippen MR) is 100 cm³/mol. The molecule has 5 nitrogen and oxygen atoms in total. The first kappa shape index (κ1) is 17.0. The van der Waals surface area contributed by atoms with E-state index in [4.69, 9.17) is 4.84 Å². The first-order valence-corrected chi connectivity index (χ1v) is 9.26. The van der Waals surface area contributed by atoms with Gasteiger partial charge in [-0.05, 0) is 51.2 Å². The molecule has 0 saturated heterocycles. The van der Waals surface area contributed by atoms with Crippen molar-refractivity contribution in [3.8, 4) is 0 Å². The summed E-state index contributed by atoms with van der Waals surface area (Å²) < 4.78 is 1.80. The van der Waals surface area contributed by atoms with Crippen LogP contribution in [0.4, 0.5) is 0 Å². The van der Waals surface area contributed by atoms with Gasteiger partial charge in [0.2, 0.25) is 0 Å². The molecule has 2 heterocycles. The van der Waals surface area contributed by atoms with Gasteiger partial charge < -0.3 is 4.84 Å². The molecule has 0 spiro atoms. The van der Waals surface area contributed by atoms with Crippen LogP contribution < -0.4 is 0 Å². The van der Waals surface area contributed by atoms with Crippen molar-refractivity contribution < 1.29 is 9.63 Å². The van der Waals surface area contributed by atoms with Crippen molar-refractivity contribution in [3.63, 3.8) is 0 Å². The van der Waals surface area contributed by atoms with Gasteiger partial charge in [-0.2, -0.15) is 5.10 Å². The van der Waals surface area contributed by atoms with Gasteiger partial charge >= 0.3 is 0 Å². The van der Waals surface area contributed by atoms with Gasteiger partial charge in [-0.15, -0.1) is 0 Å². The fourth-order valence-corrected chi connectivity index (χ4v) is 3.75. The molecule has 2 aromatic rings. The van der Waals surface area contributed by atoms with Crippen LogP contribution in [0.3, 0.4) is 0 Å². The van der Waals surface area contributed by atoms with Gasteiger partial charge in [0, 0.05) is 42.8 Å². The van der Waals surface area contributed by atoms with Gasteiger partial charge in [0.15, 0.2) is 11.4 Å². The Morgan fingerprint density at radius 2 is 2.12 bits per heavy atom. The third-order valence-corrected chi connectivity index (χ3v) is 5.49. The van der Waals surface area contributed by atoms with E-state index in [1.165, 1.54) is 12.8 Å². The SMILES string of the molecule is Cc1ccc(C2=NOC(C)(c3cn(C)nc3C)C2)cc1C(=O)CC1CC1. The van der Waals surface area contributed by atoms with Crippen LogP contribution in [0.5, 0.6) is 0 Å². The Kier molecular flexibility index (Phi) is 3.98. The molecule has 1 aromatic carbocycles. The number of carbonyl (C=O) groups is 1. The Bertz CT molecular complexity index is 908. The highest BCUT2D eigenvalue weighted by Crippen LogP contribution is 2.38. The quantitative estimate of drug-likeness (QED) is 0.763. The zero-order chi connectivity index (χ0) is 18.5. The van der Waals surface area contributed by atoms with E-state index in [0.29, 0.717) is 18.8 Å². The average molecular weight is 351 g/mol. The van der Waals surface area contributed by atoms with Crippen LogP contribution in [0.1, 0.15) is 65.3 Å². The molecule has 26 heavy (non-hydrogen) atoms. The first-order valence-electron chi connectivity index (χ1n) is 9.26. The van der Waals surface area contributed by atoms with Crippen LogP contribution in [-0.4, -0.2) is 21.3 Å². The maximum absolute atomic E-state index is 12.6. The summed E-state index contributed by atoms with van der Waals surface area (Å²) in [4.78, 5) is 18.4. The molecule has 1 fully saturated rings. The number of aryl methyl sites for hydroxylation is 3. The van der Waals surface area contributed by atoms with Crippen molar-refractivity contribution >= 4 is 11.5 Å². The number of ketones is 1. The van der Waals surface area contributed by atoms with Gasteiger partial charge in [-0.3, -0.25) is 9.48 Å². The summed E-state index contributed by atoms with van der Waals surface area (Å²) in [6, 6.07) is 6.04. The minimum Gasteiger partial charge on any atom is -0.384 e. The molecular weight excluding hydrogens is 326 g/mol. The second-order valence-electron chi connectivity index (χ2n) is 7.94. The second kappa shape index (κ2) is 6.08. The van der Waals surface area contributed by atoms with E-state index in [1.54, 1.807) is 4.68 Å². The monoisotopic (exact) mass is 351 g/mol. The molecule has 1 aliphatic heterocycles. The third kappa shape index (κ3) is 3.06. The summed E-state index contributed by atoms with van der Waals surface area (Å²) in [6.07, 6.45) is 5.70. The van der Waals surface area contributed by atoms with Crippen LogP contribution >= 0.6 is 0 Å². The molecule has 0 N–H and O–H groups in total. The molecule has 1 unspecified atom stereocenters. The lowest BCUT2D eigenvalue weighted by Crippen LogP contribution is -2.22. The lowest BCUT2D eigenvalue weighted by Gasteiger charge is -2.20. The average Bonchev–Trinajstić information content (AvgIpc) is 3.21. The summed E-state index contributed by atoms with van der Waals surface area (Å²) in [5.74, 6) is 0.840. The van der Waals surface area contributed by atoms with Crippen molar-refractivity contribution in [2.45, 2.75) is 52.1 Å². The van der Waals surface area contributed by atoms with E-state index in [0.717, 1.165) is 33.7 Å². The van der Waals surface area contributed by atoms with E-state index in [9.17, 15) is 4.79 Å². The highest BCUT2D eigenvalue weighted by molar-refractivity contribution is 6.05. The Balaban J connectivity index is 1.58. The number of hydrogen-bond donors (Lipinski definition) is 0. The Labute approximate surface area is 154 Å². The lowest BCUT2D eigenvalue weighted by atomic mass is 9.88. The molecule has 136 valence electrons. The van der Waals surface area contributed by atoms with Crippen molar-refractivity contribution in [1.29, 1.82) is 0 Å². The van der Waals surface area contributed by atoms with Crippen LogP contribution in [0, 0.1) is 19.8 Å². The molecule has 4 rings (SSSR count). The van der Waals surface area contributed by atoms with E-state index in [1.807, 2.05) is 52.2 Å². The number of hydrogen-bond acceptors (Lipinski definition) is 4. The third-order valence-electron chi connectivity index (χ3n) is 5.49. The van der Waals surface area contributed by atoms with Gasteiger partial charge in [0.25, 0.3) is 0 Å². The topological polar surface area (TPSA) is 56.5 Å². The predicted octanol–water partition coefficient (Wildman–Crippen LogP) is 4.06. The second-order valence-corrected chi connectivity index (χ2v) is 7.94. The highest BCUT2D eigenvalue weighted by atomic mass is 16.7. The van der Waals surface area contributed by atoms with Gasteiger partial charge in [0.05, 0.1) is 11.4 Å². The number of benzene rings is 1. The molecule has 0 bridgehead atoms.